The van der Waals surface area contributed by atoms with Crippen molar-refractivity contribution in [2.75, 3.05) is 19.7 Å². The number of hydrogen-bond donors (Lipinski definition) is 2. The van der Waals surface area contributed by atoms with Crippen molar-refractivity contribution in [3.05, 3.63) is 59.7 Å². The number of nitrogens with one attached hydrogen (secondary N) is 1. The quantitative estimate of drug-likeness (QED) is 0.630. The van der Waals surface area contributed by atoms with E-state index in [1.807, 2.05) is 45.0 Å². The van der Waals surface area contributed by atoms with Gasteiger partial charge in [0.15, 0.2) is 0 Å². The lowest BCUT2D eigenvalue weighted by Crippen LogP contribution is -2.53. The second-order valence-electron chi connectivity index (χ2n) is 10.7. The Bertz CT molecular complexity index is 1060. The lowest BCUT2D eigenvalue weighted by molar-refractivity contribution is -0.146. The molecule has 186 valence electrons. The molecular weight excluding hydrogens is 444 g/mol. The van der Waals surface area contributed by atoms with E-state index in [-0.39, 0.29) is 30.4 Å². The molecule has 2 aromatic rings. The highest BCUT2D eigenvalue weighted by molar-refractivity contribution is 5.86. The molecular formula is C28H34N2O5. The van der Waals surface area contributed by atoms with Crippen molar-refractivity contribution in [3.8, 4) is 11.1 Å². The highest BCUT2D eigenvalue weighted by Gasteiger charge is 2.35. The van der Waals surface area contributed by atoms with E-state index in [2.05, 4.69) is 29.6 Å². The van der Waals surface area contributed by atoms with Gasteiger partial charge in [0.2, 0.25) is 5.91 Å². The van der Waals surface area contributed by atoms with Crippen molar-refractivity contribution in [3.63, 3.8) is 0 Å². The standard InChI is InChI=1S/C28H34N2O5/c1-28(2,3)15-24(25(31)30-14-8-9-18(16-30)26(32)33)29-27(34)35-17-23-21-12-6-4-10-19(21)20-11-5-7-13-22(20)23/h4-7,10-13,18,23-24H,8-9,14-17H2,1-3H3,(H,29,34)(H,32,33). The highest BCUT2D eigenvalue weighted by atomic mass is 16.5. The van der Waals surface area contributed by atoms with E-state index < -0.39 is 24.0 Å². The molecule has 2 unspecified atom stereocenters. The first kappa shape index (κ1) is 24.8. The van der Waals surface area contributed by atoms with Gasteiger partial charge in [0.1, 0.15) is 12.6 Å². The van der Waals surface area contributed by atoms with Gasteiger partial charge in [0, 0.05) is 19.0 Å². The summed E-state index contributed by atoms with van der Waals surface area (Å²) in [5.41, 5.74) is 4.32. The zero-order chi connectivity index (χ0) is 25.2. The fraction of sp³-hybridized carbons (Fsp3) is 0.464. The van der Waals surface area contributed by atoms with E-state index in [1.54, 1.807) is 4.90 Å². The van der Waals surface area contributed by atoms with Gasteiger partial charge >= 0.3 is 12.1 Å². The first-order chi connectivity index (χ1) is 16.6. The smallest absolute Gasteiger partial charge is 0.407 e. The average molecular weight is 479 g/mol. The number of aliphatic carboxylic acids is 1. The molecule has 35 heavy (non-hydrogen) atoms. The van der Waals surface area contributed by atoms with Crippen molar-refractivity contribution in [1.29, 1.82) is 0 Å². The zero-order valence-corrected chi connectivity index (χ0v) is 20.6. The predicted molar refractivity (Wildman–Crippen MR) is 133 cm³/mol. The molecule has 4 rings (SSSR count). The molecule has 1 saturated heterocycles. The summed E-state index contributed by atoms with van der Waals surface area (Å²) in [6.45, 7) is 6.84. The van der Waals surface area contributed by atoms with Crippen molar-refractivity contribution >= 4 is 18.0 Å². The van der Waals surface area contributed by atoms with Gasteiger partial charge in [-0.2, -0.15) is 0 Å². The van der Waals surface area contributed by atoms with E-state index in [4.69, 9.17) is 4.74 Å². The van der Waals surface area contributed by atoms with E-state index >= 15 is 0 Å². The molecule has 2 amide bonds. The van der Waals surface area contributed by atoms with Gasteiger partial charge in [-0.1, -0.05) is 69.3 Å². The number of nitrogens with zero attached hydrogens (tertiary/aromatic N) is 1. The van der Waals surface area contributed by atoms with E-state index in [0.29, 0.717) is 25.8 Å². The molecule has 1 fully saturated rings. The maximum atomic E-state index is 13.3. The van der Waals surface area contributed by atoms with Gasteiger partial charge in [-0.3, -0.25) is 9.59 Å². The predicted octanol–water partition coefficient (Wildman–Crippen LogP) is 4.65. The molecule has 0 spiro atoms. The molecule has 7 nitrogen and oxygen atoms in total. The third kappa shape index (κ3) is 5.66. The molecule has 2 N–H and O–H groups in total. The van der Waals surface area contributed by atoms with Gasteiger partial charge in [-0.25, -0.2) is 4.79 Å². The van der Waals surface area contributed by atoms with Crippen LogP contribution in [0, 0.1) is 11.3 Å². The van der Waals surface area contributed by atoms with Crippen molar-refractivity contribution in [1.82, 2.24) is 10.2 Å². The number of likely N-dealkylation sites (tertiary alicyclic amines) is 1. The second-order valence-corrected chi connectivity index (χ2v) is 10.7. The fourth-order valence-corrected chi connectivity index (χ4v) is 5.19. The first-order valence-corrected chi connectivity index (χ1v) is 12.3. The number of rotatable bonds is 6. The van der Waals surface area contributed by atoms with Crippen LogP contribution in [-0.4, -0.2) is 53.7 Å². The minimum Gasteiger partial charge on any atom is -0.481 e. The van der Waals surface area contributed by atoms with Crippen LogP contribution in [0.3, 0.4) is 0 Å². The molecule has 2 atom stereocenters. The monoisotopic (exact) mass is 478 g/mol. The number of ether oxygens (including phenoxy) is 1. The topological polar surface area (TPSA) is 95.9 Å². The first-order valence-electron chi connectivity index (χ1n) is 12.3. The zero-order valence-electron chi connectivity index (χ0n) is 20.6. The van der Waals surface area contributed by atoms with E-state index in [9.17, 15) is 19.5 Å². The van der Waals surface area contributed by atoms with Crippen LogP contribution < -0.4 is 5.32 Å². The summed E-state index contributed by atoms with van der Waals surface area (Å²) in [6.07, 6.45) is 0.976. The second kappa shape index (κ2) is 10.1. The van der Waals surface area contributed by atoms with Crippen LogP contribution in [0.1, 0.15) is 57.1 Å². The third-order valence-corrected chi connectivity index (χ3v) is 6.83. The molecule has 1 aliphatic carbocycles. The van der Waals surface area contributed by atoms with Gasteiger partial charge in [0.25, 0.3) is 0 Å². The van der Waals surface area contributed by atoms with Gasteiger partial charge in [-0.05, 0) is 46.9 Å². The molecule has 1 heterocycles. The summed E-state index contributed by atoms with van der Waals surface area (Å²) < 4.78 is 5.67. The number of carboxylic acid groups (broad SMARTS) is 1. The molecule has 7 heteroatoms. The Morgan fingerprint density at radius 3 is 2.23 bits per heavy atom. The average Bonchev–Trinajstić information content (AvgIpc) is 3.15. The van der Waals surface area contributed by atoms with Crippen LogP contribution in [0.2, 0.25) is 0 Å². The van der Waals surface area contributed by atoms with Crippen LogP contribution >= 0.6 is 0 Å². The van der Waals surface area contributed by atoms with Crippen LogP contribution in [0.25, 0.3) is 11.1 Å². The summed E-state index contributed by atoms with van der Waals surface area (Å²) in [4.78, 5) is 39.2. The van der Waals surface area contributed by atoms with E-state index in [0.717, 1.165) is 22.3 Å². The lowest BCUT2D eigenvalue weighted by Gasteiger charge is -2.35. The minimum atomic E-state index is -0.889. The number of fused-ring (bicyclic) bond motifs is 3. The molecule has 2 aliphatic rings. The Kier molecular flexibility index (Phi) is 7.15. The largest absolute Gasteiger partial charge is 0.481 e. The maximum absolute atomic E-state index is 13.3. The van der Waals surface area contributed by atoms with Crippen molar-refractivity contribution < 1.29 is 24.2 Å². The normalized spacial score (nSPS) is 18.4. The van der Waals surface area contributed by atoms with Gasteiger partial charge in [0.05, 0.1) is 5.92 Å². The molecule has 0 radical (unpaired) electrons. The highest BCUT2D eigenvalue weighted by Crippen LogP contribution is 2.44. The number of benzene rings is 2. The van der Waals surface area contributed by atoms with Crippen LogP contribution in [0.15, 0.2) is 48.5 Å². The number of amides is 2. The Morgan fingerprint density at radius 1 is 1.06 bits per heavy atom. The maximum Gasteiger partial charge on any atom is 0.407 e. The molecule has 0 bridgehead atoms. The van der Waals surface area contributed by atoms with Crippen LogP contribution in [0.4, 0.5) is 4.79 Å². The fourth-order valence-electron chi connectivity index (χ4n) is 5.19. The Hall–Kier alpha value is -3.35. The number of carbonyl (C=O) groups is 3. The Labute approximate surface area is 206 Å². The number of hydrogen-bond acceptors (Lipinski definition) is 4. The molecule has 1 aliphatic heterocycles. The van der Waals surface area contributed by atoms with Crippen LogP contribution in [-0.2, 0) is 14.3 Å². The number of carboxylic acids is 1. The molecule has 0 aromatic heterocycles. The summed E-state index contributed by atoms with van der Waals surface area (Å²) >= 11 is 0. The minimum absolute atomic E-state index is 0.0664. The van der Waals surface area contributed by atoms with Crippen LogP contribution in [0.5, 0.6) is 0 Å². The SMILES string of the molecule is CC(C)(C)CC(NC(=O)OCC1c2ccccc2-c2ccccc21)C(=O)N1CCCC(C(=O)O)C1. The summed E-state index contributed by atoms with van der Waals surface area (Å²) in [6, 6.07) is 15.5. The van der Waals surface area contributed by atoms with E-state index in [1.165, 1.54) is 0 Å². The summed E-state index contributed by atoms with van der Waals surface area (Å²) in [5.74, 6) is -1.78. The third-order valence-electron chi connectivity index (χ3n) is 6.83. The van der Waals surface area contributed by atoms with Crippen molar-refractivity contribution in [2.45, 2.75) is 52.0 Å². The van der Waals surface area contributed by atoms with Gasteiger partial charge < -0.3 is 20.1 Å². The summed E-state index contributed by atoms with van der Waals surface area (Å²) in [7, 11) is 0. The molecule has 0 saturated carbocycles. The number of carbonyl (C=O) groups excluding carboxylic acids is 2. The number of alkyl carbamates (subject to hydrolysis) is 1. The lowest BCUT2D eigenvalue weighted by atomic mass is 9.87. The Balaban J connectivity index is 1.44. The number of piperidine rings is 1. The Morgan fingerprint density at radius 2 is 1.66 bits per heavy atom. The van der Waals surface area contributed by atoms with Crippen molar-refractivity contribution in [2.24, 2.45) is 11.3 Å². The molecule has 2 aromatic carbocycles. The van der Waals surface area contributed by atoms with Gasteiger partial charge in [-0.15, -0.1) is 0 Å². The summed E-state index contributed by atoms with van der Waals surface area (Å²) in [5, 5.41) is 12.2.